The molecule has 0 aliphatic heterocycles. The first-order valence-corrected chi connectivity index (χ1v) is 6.29. The average Bonchev–Trinajstić information content (AvgIpc) is 2.16. The molecule has 1 aromatic heterocycles. The SMILES string of the molecule is CCOC(=O)c1cccnc1CP(=O)([O-])[O-]. The van der Waals surface area contributed by atoms with E-state index >= 15 is 0 Å². The predicted molar refractivity (Wildman–Crippen MR) is 51.5 cm³/mol. The largest absolute Gasteiger partial charge is 0.810 e. The second-order valence-electron chi connectivity index (χ2n) is 2.99. The van der Waals surface area contributed by atoms with E-state index in [9.17, 15) is 19.1 Å². The Bertz CT molecular complexity index is 428. The molecule has 0 aliphatic carbocycles. The Hall–Kier alpha value is -1.23. The zero-order chi connectivity index (χ0) is 12.2. The second kappa shape index (κ2) is 5.21. The summed E-state index contributed by atoms with van der Waals surface area (Å²) in [6.45, 7) is 1.79. The lowest BCUT2D eigenvalue weighted by Gasteiger charge is -2.29. The smallest absolute Gasteiger partial charge is 0.339 e. The highest BCUT2D eigenvalue weighted by Crippen LogP contribution is 2.29. The Kier molecular flexibility index (Phi) is 4.18. The van der Waals surface area contributed by atoms with Gasteiger partial charge in [0.1, 0.15) is 0 Å². The molecular weight excluding hydrogens is 233 g/mol. The lowest BCUT2D eigenvalue weighted by Crippen LogP contribution is -2.18. The van der Waals surface area contributed by atoms with Crippen LogP contribution in [0.4, 0.5) is 0 Å². The number of ether oxygens (including phenoxy) is 1. The fraction of sp³-hybridized carbons (Fsp3) is 0.333. The van der Waals surface area contributed by atoms with Crippen LogP contribution >= 0.6 is 7.60 Å². The van der Waals surface area contributed by atoms with Gasteiger partial charge in [-0.15, -0.1) is 0 Å². The summed E-state index contributed by atoms with van der Waals surface area (Å²) in [5.74, 6) is -0.681. The monoisotopic (exact) mass is 243 g/mol. The number of pyridine rings is 1. The first-order valence-electron chi connectivity index (χ1n) is 4.56. The van der Waals surface area contributed by atoms with E-state index in [0.717, 1.165) is 0 Å². The number of rotatable bonds is 4. The normalized spacial score (nSPS) is 11.2. The van der Waals surface area contributed by atoms with E-state index in [4.69, 9.17) is 4.74 Å². The van der Waals surface area contributed by atoms with Crippen LogP contribution in [0.1, 0.15) is 23.0 Å². The molecule has 0 atom stereocenters. The predicted octanol–water partition coefficient (Wildman–Crippen LogP) is -0.328. The van der Waals surface area contributed by atoms with Crippen molar-refractivity contribution in [1.82, 2.24) is 4.98 Å². The first-order chi connectivity index (χ1) is 7.44. The van der Waals surface area contributed by atoms with Crippen molar-refractivity contribution in [2.45, 2.75) is 13.1 Å². The maximum atomic E-state index is 11.4. The van der Waals surface area contributed by atoms with E-state index in [1.165, 1.54) is 18.3 Å². The highest BCUT2D eigenvalue weighted by atomic mass is 31.2. The summed E-state index contributed by atoms with van der Waals surface area (Å²) in [6.07, 6.45) is 0.524. The zero-order valence-electron chi connectivity index (χ0n) is 8.58. The van der Waals surface area contributed by atoms with E-state index in [2.05, 4.69) is 4.98 Å². The summed E-state index contributed by atoms with van der Waals surface area (Å²) in [7, 11) is -4.74. The topological polar surface area (TPSA) is 102 Å². The Labute approximate surface area is 92.4 Å². The summed E-state index contributed by atoms with van der Waals surface area (Å²) in [5, 5.41) is 0. The van der Waals surface area contributed by atoms with Gasteiger partial charge in [-0.3, -0.25) is 4.98 Å². The second-order valence-corrected chi connectivity index (χ2v) is 4.53. The molecule has 1 aromatic rings. The van der Waals surface area contributed by atoms with Crippen LogP contribution in [0.3, 0.4) is 0 Å². The van der Waals surface area contributed by atoms with Crippen LogP contribution < -0.4 is 9.79 Å². The van der Waals surface area contributed by atoms with Gasteiger partial charge in [-0.2, -0.15) is 0 Å². The van der Waals surface area contributed by atoms with Crippen molar-refractivity contribution in [1.29, 1.82) is 0 Å². The summed E-state index contributed by atoms with van der Waals surface area (Å²) < 4.78 is 15.3. The molecule has 1 heterocycles. The van der Waals surface area contributed by atoms with Gasteiger partial charge in [-0.05, 0) is 19.1 Å². The summed E-state index contributed by atoms with van der Waals surface area (Å²) in [4.78, 5) is 36.3. The molecular formula is C9H10NO5P-2. The minimum absolute atomic E-state index is 0.0104. The Balaban J connectivity index is 3.01. The number of hydrogen-bond donors (Lipinski definition) is 0. The maximum absolute atomic E-state index is 11.4. The van der Waals surface area contributed by atoms with E-state index in [1.54, 1.807) is 6.92 Å². The summed E-state index contributed by atoms with van der Waals surface area (Å²) in [5.41, 5.74) is -0.0643. The van der Waals surface area contributed by atoms with Crippen molar-refractivity contribution >= 4 is 13.6 Å². The van der Waals surface area contributed by atoms with Gasteiger partial charge in [-0.1, -0.05) is 7.60 Å². The number of carbonyl (C=O) groups is 1. The fourth-order valence-corrected chi connectivity index (χ4v) is 1.76. The molecule has 6 nitrogen and oxygen atoms in total. The van der Waals surface area contributed by atoms with Crippen molar-refractivity contribution in [3.05, 3.63) is 29.6 Å². The third-order valence-corrected chi connectivity index (χ3v) is 2.42. The van der Waals surface area contributed by atoms with Gasteiger partial charge >= 0.3 is 5.97 Å². The Morgan fingerprint density at radius 1 is 1.56 bits per heavy atom. The number of aromatic nitrogens is 1. The molecule has 0 N–H and O–H groups in total. The van der Waals surface area contributed by atoms with Crippen LogP contribution in [-0.2, 0) is 15.5 Å². The van der Waals surface area contributed by atoms with Crippen molar-refractivity contribution in [2.75, 3.05) is 6.61 Å². The van der Waals surface area contributed by atoms with Crippen LogP contribution in [0.25, 0.3) is 0 Å². The molecule has 0 radical (unpaired) electrons. The molecule has 0 bridgehead atoms. The number of hydrogen-bond acceptors (Lipinski definition) is 6. The van der Waals surface area contributed by atoms with Gasteiger partial charge in [0, 0.05) is 12.4 Å². The molecule has 0 fully saturated rings. The third-order valence-electron chi connectivity index (χ3n) is 1.73. The van der Waals surface area contributed by atoms with Crippen LogP contribution in [0.5, 0.6) is 0 Å². The lowest BCUT2D eigenvalue weighted by molar-refractivity contribution is -0.314. The van der Waals surface area contributed by atoms with Crippen LogP contribution in [0.15, 0.2) is 18.3 Å². The quantitative estimate of drug-likeness (QED) is 0.530. The van der Waals surface area contributed by atoms with Crippen LogP contribution in [0, 0.1) is 0 Å². The standard InChI is InChI=1S/C9H12NO5P/c1-2-15-9(11)7-4-3-5-10-8(7)6-16(12,13)14/h3-5H,2,6H2,1H3,(H2,12,13,14)/p-2. The molecule has 0 aromatic carbocycles. The first kappa shape index (κ1) is 12.8. The molecule has 0 saturated heterocycles. The van der Waals surface area contributed by atoms with Crippen molar-refractivity contribution in [3.63, 3.8) is 0 Å². The number of carbonyl (C=O) groups excluding carboxylic acids is 1. The van der Waals surface area contributed by atoms with Crippen molar-refractivity contribution in [2.24, 2.45) is 0 Å². The molecule has 7 heteroatoms. The Morgan fingerprint density at radius 3 is 2.81 bits per heavy atom. The van der Waals surface area contributed by atoms with E-state index in [1.807, 2.05) is 0 Å². The molecule has 0 spiro atoms. The van der Waals surface area contributed by atoms with E-state index in [-0.39, 0.29) is 17.9 Å². The number of nitrogens with zero attached hydrogens (tertiary/aromatic N) is 1. The van der Waals surface area contributed by atoms with E-state index in [0.29, 0.717) is 0 Å². The van der Waals surface area contributed by atoms with Gasteiger partial charge in [0.2, 0.25) is 0 Å². The zero-order valence-corrected chi connectivity index (χ0v) is 9.48. The highest BCUT2D eigenvalue weighted by Gasteiger charge is 2.13. The van der Waals surface area contributed by atoms with Gasteiger partial charge in [0.05, 0.1) is 17.9 Å². The molecule has 1 rings (SSSR count). The van der Waals surface area contributed by atoms with Crippen molar-refractivity contribution in [3.8, 4) is 0 Å². The maximum Gasteiger partial charge on any atom is 0.339 e. The van der Waals surface area contributed by atoms with Gasteiger partial charge < -0.3 is 19.1 Å². The molecule has 16 heavy (non-hydrogen) atoms. The number of esters is 1. The molecule has 0 unspecified atom stereocenters. The van der Waals surface area contributed by atoms with Gasteiger partial charge in [-0.25, -0.2) is 4.79 Å². The fourth-order valence-electron chi connectivity index (χ4n) is 1.14. The van der Waals surface area contributed by atoms with Crippen LogP contribution in [-0.4, -0.2) is 17.6 Å². The molecule has 0 aliphatic rings. The van der Waals surface area contributed by atoms with E-state index < -0.39 is 19.7 Å². The minimum atomic E-state index is -4.74. The molecule has 88 valence electrons. The average molecular weight is 243 g/mol. The van der Waals surface area contributed by atoms with Gasteiger partial charge in [0.15, 0.2) is 0 Å². The summed E-state index contributed by atoms with van der Waals surface area (Å²) >= 11 is 0. The Morgan fingerprint density at radius 2 is 2.25 bits per heavy atom. The van der Waals surface area contributed by atoms with Crippen molar-refractivity contribution < 1.29 is 23.9 Å². The minimum Gasteiger partial charge on any atom is -0.810 e. The highest BCUT2D eigenvalue weighted by molar-refractivity contribution is 7.47. The van der Waals surface area contributed by atoms with Gasteiger partial charge in [0.25, 0.3) is 0 Å². The summed E-state index contributed by atoms with van der Waals surface area (Å²) in [6, 6.07) is 2.84. The lowest BCUT2D eigenvalue weighted by atomic mass is 10.2. The molecule has 0 amide bonds. The van der Waals surface area contributed by atoms with Crippen LogP contribution in [0.2, 0.25) is 0 Å². The molecule has 0 saturated carbocycles. The third kappa shape index (κ3) is 3.73.